The number of aryl methyl sites for hydroxylation is 1. The Kier molecular flexibility index (Phi) is 7.89. The molecule has 1 aromatic heterocycles. The highest BCUT2D eigenvalue weighted by atomic mass is 35.5. The maximum atomic E-state index is 12.9. The molecule has 0 saturated carbocycles. The summed E-state index contributed by atoms with van der Waals surface area (Å²) in [6.07, 6.45) is 0. The molecule has 0 unspecified atom stereocenters. The summed E-state index contributed by atoms with van der Waals surface area (Å²) in [6.45, 7) is 10.1. The maximum absolute atomic E-state index is 12.9. The number of amides is 3. The Morgan fingerprint density at radius 3 is 2.35 bits per heavy atom. The maximum Gasteiger partial charge on any atom is 0.322 e. The van der Waals surface area contributed by atoms with Crippen molar-refractivity contribution >= 4 is 46.6 Å². The first-order valence-corrected chi connectivity index (χ1v) is 11.7. The molecule has 0 fully saturated rings. The van der Waals surface area contributed by atoms with Crippen LogP contribution in [0.3, 0.4) is 0 Å². The lowest BCUT2D eigenvalue weighted by atomic mass is 9.92. The summed E-state index contributed by atoms with van der Waals surface area (Å²) in [4.78, 5) is 27.2. The van der Waals surface area contributed by atoms with Crippen molar-refractivity contribution < 1.29 is 9.59 Å². The smallest absolute Gasteiger partial charge is 0.315 e. The summed E-state index contributed by atoms with van der Waals surface area (Å²) in [5.41, 5.74) is 2.85. The second kappa shape index (κ2) is 10.5. The van der Waals surface area contributed by atoms with E-state index in [1.807, 2.05) is 65.0 Å². The fraction of sp³-hybridized carbons (Fsp3) is 0.320. The van der Waals surface area contributed by atoms with Crippen LogP contribution in [0.1, 0.15) is 39.0 Å². The van der Waals surface area contributed by atoms with Crippen LogP contribution in [0.4, 0.5) is 16.3 Å². The highest BCUT2D eigenvalue weighted by Gasteiger charge is 2.23. The minimum atomic E-state index is -0.347. The average Bonchev–Trinajstić information content (AvgIpc) is 3.19. The third-order valence-electron chi connectivity index (χ3n) is 5.28. The summed E-state index contributed by atoms with van der Waals surface area (Å²) in [5.74, 6) is 0.132. The lowest BCUT2D eigenvalue weighted by Crippen LogP contribution is -2.40. The zero-order valence-electron chi connectivity index (χ0n) is 19.9. The monoisotopic (exact) mass is 501 g/mol. The van der Waals surface area contributed by atoms with Crippen molar-refractivity contribution in [3.63, 3.8) is 0 Å². The molecule has 3 rings (SSSR count). The molecule has 0 aliphatic rings. The molecule has 2 aromatic carbocycles. The fourth-order valence-electron chi connectivity index (χ4n) is 3.24. The molecular formula is C25H29Cl2N5O2. The van der Waals surface area contributed by atoms with Gasteiger partial charge in [0.15, 0.2) is 0 Å². The second-order valence-corrected chi connectivity index (χ2v) is 9.80. The number of anilines is 2. The van der Waals surface area contributed by atoms with Crippen LogP contribution in [-0.2, 0) is 10.2 Å². The van der Waals surface area contributed by atoms with Gasteiger partial charge >= 0.3 is 6.03 Å². The summed E-state index contributed by atoms with van der Waals surface area (Å²) >= 11 is 12.3. The van der Waals surface area contributed by atoms with Gasteiger partial charge in [-0.2, -0.15) is 5.10 Å². The van der Waals surface area contributed by atoms with Crippen LogP contribution in [0.2, 0.25) is 10.0 Å². The molecule has 0 aliphatic carbocycles. The first kappa shape index (κ1) is 25.6. The van der Waals surface area contributed by atoms with Crippen LogP contribution in [-0.4, -0.2) is 39.7 Å². The lowest BCUT2D eigenvalue weighted by Gasteiger charge is -2.21. The number of nitrogens with zero attached hydrogens (tertiary/aromatic N) is 3. The predicted molar refractivity (Wildman–Crippen MR) is 138 cm³/mol. The van der Waals surface area contributed by atoms with Crippen molar-refractivity contribution in [2.75, 3.05) is 23.7 Å². The summed E-state index contributed by atoms with van der Waals surface area (Å²) in [6, 6.07) is 14.1. The average molecular weight is 502 g/mol. The molecule has 2 N–H and O–H groups in total. The Bertz CT molecular complexity index is 1200. The van der Waals surface area contributed by atoms with E-state index in [4.69, 9.17) is 23.2 Å². The molecule has 0 saturated heterocycles. The van der Waals surface area contributed by atoms with Crippen LogP contribution in [0.5, 0.6) is 0 Å². The number of aromatic nitrogens is 2. The number of benzene rings is 2. The van der Waals surface area contributed by atoms with E-state index in [0.29, 0.717) is 33.8 Å². The van der Waals surface area contributed by atoms with E-state index in [9.17, 15) is 9.59 Å². The number of carbonyl (C=O) groups is 2. The van der Waals surface area contributed by atoms with Crippen molar-refractivity contribution in [1.82, 2.24) is 14.7 Å². The molecule has 0 aliphatic heterocycles. The number of likely N-dealkylation sites (N-methyl/N-ethyl adjacent to an activating group) is 1. The zero-order valence-corrected chi connectivity index (χ0v) is 21.5. The molecule has 34 heavy (non-hydrogen) atoms. The topological polar surface area (TPSA) is 79.3 Å². The SMILES string of the molecule is CCN(CC(=O)Nc1cc(C(C)(C)C)nn1-c1ccc(Cl)c(Cl)c1)C(=O)Nc1ccccc1C. The highest BCUT2D eigenvalue weighted by Crippen LogP contribution is 2.29. The van der Waals surface area contributed by atoms with Gasteiger partial charge in [0, 0.05) is 23.7 Å². The fourth-order valence-corrected chi connectivity index (χ4v) is 3.53. The van der Waals surface area contributed by atoms with Crippen molar-refractivity contribution in [1.29, 1.82) is 0 Å². The zero-order chi connectivity index (χ0) is 25.0. The van der Waals surface area contributed by atoms with Gasteiger partial charge in [-0.1, -0.05) is 62.2 Å². The Labute approximate surface area is 210 Å². The normalized spacial score (nSPS) is 11.3. The Hall–Kier alpha value is -3.03. The summed E-state index contributed by atoms with van der Waals surface area (Å²) in [5, 5.41) is 11.3. The third-order valence-corrected chi connectivity index (χ3v) is 6.02. The molecule has 0 spiro atoms. The number of rotatable bonds is 6. The van der Waals surface area contributed by atoms with Gasteiger partial charge in [0.25, 0.3) is 0 Å². The Morgan fingerprint density at radius 2 is 1.74 bits per heavy atom. The van der Waals surface area contributed by atoms with Crippen LogP contribution < -0.4 is 10.6 Å². The minimum Gasteiger partial charge on any atom is -0.315 e. The molecule has 0 atom stereocenters. The Balaban J connectivity index is 1.81. The van der Waals surface area contributed by atoms with Gasteiger partial charge in [0.2, 0.25) is 5.91 Å². The number of halogens is 2. The van der Waals surface area contributed by atoms with E-state index >= 15 is 0 Å². The van der Waals surface area contributed by atoms with E-state index in [0.717, 1.165) is 11.3 Å². The van der Waals surface area contributed by atoms with E-state index in [1.165, 1.54) is 4.90 Å². The van der Waals surface area contributed by atoms with Gasteiger partial charge in [-0.15, -0.1) is 0 Å². The number of hydrogen-bond donors (Lipinski definition) is 2. The van der Waals surface area contributed by atoms with Gasteiger partial charge in [-0.25, -0.2) is 9.48 Å². The van der Waals surface area contributed by atoms with Gasteiger partial charge < -0.3 is 15.5 Å². The molecular weight excluding hydrogens is 473 g/mol. The summed E-state index contributed by atoms with van der Waals surface area (Å²) in [7, 11) is 0. The van der Waals surface area contributed by atoms with Crippen molar-refractivity contribution in [3.05, 3.63) is 69.8 Å². The number of para-hydroxylation sites is 1. The first-order valence-electron chi connectivity index (χ1n) is 11.0. The van der Waals surface area contributed by atoms with Crippen LogP contribution in [0, 0.1) is 6.92 Å². The number of nitrogens with one attached hydrogen (secondary N) is 2. The minimum absolute atomic E-state index is 0.119. The molecule has 0 bridgehead atoms. The molecule has 9 heteroatoms. The molecule has 3 aromatic rings. The van der Waals surface area contributed by atoms with E-state index in [2.05, 4.69) is 15.7 Å². The number of carbonyl (C=O) groups excluding carboxylic acids is 2. The Morgan fingerprint density at radius 1 is 1.03 bits per heavy atom. The highest BCUT2D eigenvalue weighted by molar-refractivity contribution is 6.42. The predicted octanol–water partition coefficient (Wildman–Crippen LogP) is 6.28. The van der Waals surface area contributed by atoms with Crippen LogP contribution in [0.25, 0.3) is 5.69 Å². The van der Waals surface area contributed by atoms with Crippen LogP contribution in [0.15, 0.2) is 48.5 Å². The van der Waals surface area contributed by atoms with E-state index < -0.39 is 0 Å². The molecule has 1 heterocycles. The number of hydrogen-bond acceptors (Lipinski definition) is 3. The first-order chi connectivity index (χ1) is 16.0. The summed E-state index contributed by atoms with van der Waals surface area (Å²) < 4.78 is 1.62. The van der Waals surface area contributed by atoms with Gasteiger partial charge in [0.1, 0.15) is 12.4 Å². The van der Waals surface area contributed by atoms with E-state index in [-0.39, 0.29) is 23.9 Å². The van der Waals surface area contributed by atoms with Crippen molar-refractivity contribution in [2.24, 2.45) is 0 Å². The van der Waals surface area contributed by atoms with E-state index in [1.54, 1.807) is 22.9 Å². The van der Waals surface area contributed by atoms with Gasteiger partial charge in [-0.3, -0.25) is 4.79 Å². The largest absolute Gasteiger partial charge is 0.322 e. The molecule has 0 radical (unpaired) electrons. The molecule has 7 nitrogen and oxygen atoms in total. The van der Waals surface area contributed by atoms with Crippen molar-refractivity contribution in [2.45, 2.75) is 40.0 Å². The number of urea groups is 1. The van der Waals surface area contributed by atoms with Gasteiger partial charge in [0.05, 0.1) is 21.4 Å². The lowest BCUT2D eigenvalue weighted by molar-refractivity contribution is -0.116. The molecule has 3 amide bonds. The van der Waals surface area contributed by atoms with Crippen molar-refractivity contribution in [3.8, 4) is 5.69 Å². The van der Waals surface area contributed by atoms with Gasteiger partial charge in [-0.05, 0) is 43.7 Å². The van der Waals surface area contributed by atoms with Crippen LogP contribution >= 0.6 is 23.2 Å². The standard InChI is InChI=1S/C25H29Cl2N5O2/c1-6-31(24(34)28-20-10-8-7-9-16(20)2)15-23(33)29-22-14-21(25(3,4)5)30-32(22)17-11-12-18(26)19(27)13-17/h7-14H,6,15H2,1-5H3,(H,28,34)(H,29,33). The third kappa shape index (κ3) is 6.10. The second-order valence-electron chi connectivity index (χ2n) is 8.98. The molecule has 180 valence electrons. The quantitative estimate of drug-likeness (QED) is 0.417.